The minimum Gasteiger partial charge on any atom is -0.467 e. The van der Waals surface area contributed by atoms with Crippen molar-refractivity contribution in [1.29, 1.82) is 0 Å². The molecule has 7 nitrogen and oxygen atoms in total. The van der Waals surface area contributed by atoms with Crippen molar-refractivity contribution in [2.45, 2.75) is 13.5 Å². The Balaban J connectivity index is 1.54. The van der Waals surface area contributed by atoms with Crippen LogP contribution in [0.2, 0.25) is 0 Å². The lowest BCUT2D eigenvalue weighted by atomic mass is 10.3. The molecule has 0 saturated carbocycles. The smallest absolute Gasteiger partial charge is 0.271 e. The minimum atomic E-state index is -0.394. The summed E-state index contributed by atoms with van der Waals surface area (Å²) in [6.45, 7) is 1.95. The van der Waals surface area contributed by atoms with Crippen molar-refractivity contribution in [2.75, 3.05) is 6.54 Å². The summed E-state index contributed by atoms with van der Waals surface area (Å²) >= 11 is 1.36. The van der Waals surface area contributed by atoms with Crippen LogP contribution in [0.25, 0.3) is 10.8 Å². The molecule has 8 heteroatoms. The lowest BCUT2D eigenvalue weighted by Crippen LogP contribution is -2.36. The number of nitrogens with zero attached hydrogens (tertiary/aromatic N) is 1. The summed E-state index contributed by atoms with van der Waals surface area (Å²) < 4.78 is 10.4. The van der Waals surface area contributed by atoms with E-state index in [1.54, 1.807) is 37.5 Å². The van der Waals surface area contributed by atoms with Gasteiger partial charge in [0.1, 0.15) is 11.5 Å². The highest BCUT2D eigenvalue weighted by Gasteiger charge is 2.18. The van der Waals surface area contributed by atoms with E-state index in [0.29, 0.717) is 22.2 Å². The number of hydrogen-bond acceptors (Lipinski definition) is 6. The van der Waals surface area contributed by atoms with Gasteiger partial charge >= 0.3 is 0 Å². The zero-order chi connectivity index (χ0) is 16.9. The molecule has 24 heavy (non-hydrogen) atoms. The molecule has 0 bridgehead atoms. The number of amides is 2. The van der Waals surface area contributed by atoms with Crippen molar-refractivity contribution in [1.82, 2.24) is 15.6 Å². The summed E-state index contributed by atoms with van der Waals surface area (Å²) in [5, 5.41) is 5.84. The van der Waals surface area contributed by atoms with Gasteiger partial charge in [-0.1, -0.05) is 0 Å². The quantitative estimate of drug-likeness (QED) is 0.715. The first-order chi connectivity index (χ1) is 11.6. The normalized spacial score (nSPS) is 10.5. The van der Waals surface area contributed by atoms with Gasteiger partial charge in [0.15, 0.2) is 10.8 Å². The average molecular weight is 345 g/mol. The average Bonchev–Trinajstić information content (AvgIpc) is 3.30. The zero-order valence-electron chi connectivity index (χ0n) is 12.9. The molecule has 3 aromatic rings. The standard InChI is InChI=1S/C16H15N3O4S/c1-10-14(19-16(24-10)12-5-3-7-23-12)15(21)18-9-13(20)17-8-11-4-2-6-22-11/h2-7H,8-9H2,1H3,(H,17,20)(H,18,21). The van der Waals surface area contributed by atoms with Gasteiger partial charge in [-0.25, -0.2) is 4.98 Å². The summed E-state index contributed by atoms with van der Waals surface area (Å²) in [6, 6.07) is 7.04. The molecule has 3 rings (SSSR count). The van der Waals surface area contributed by atoms with E-state index in [9.17, 15) is 9.59 Å². The van der Waals surface area contributed by atoms with Crippen molar-refractivity contribution in [3.8, 4) is 10.8 Å². The first-order valence-electron chi connectivity index (χ1n) is 7.22. The Labute approximate surface area is 141 Å². The van der Waals surface area contributed by atoms with Gasteiger partial charge in [-0.2, -0.15) is 0 Å². The Morgan fingerprint density at radius 3 is 2.67 bits per heavy atom. The van der Waals surface area contributed by atoms with Crippen LogP contribution in [0.1, 0.15) is 21.1 Å². The lowest BCUT2D eigenvalue weighted by Gasteiger charge is -2.05. The molecule has 2 amide bonds. The van der Waals surface area contributed by atoms with Crippen LogP contribution in [0.15, 0.2) is 45.6 Å². The molecular weight excluding hydrogens is 330 g/mol. The highest BCUT2D eigenvalue weighted by atomic mass is 32.1. The molecule has 124 valence electrons. The Bertz CT molecular complexity index is 822. The van der Waals surface area contributed by atoms with E-state index >= 15 is 0 Å². The molecule has 0 aliphatic rings. The van der Waals surface area contributed by atoms with Crippen LogP contribution in [0.3, 0.4) is 0 Å². The Kier molecular flexibility index (Phi) is 4.76. The summed E-state index contributed by atoms with van der Waals surface area (Å²) in [4.78, 5) is 29.0. The molecule has 0 spiro atoms. The number of carbonyl (C=O) groups is 2. The molecule has 0 saturated heterocycles. The summed E-state index contributed by atoms with van der Waals surface area (Å²) in [7, 11) is 0. The predicted octanol–water partition coefficient (Wildman–Crippen LogP) is 2.35. The molecule has 3 heterocycles. The van der Waals surface area contributed by atoms with E-state index in [2.05, 4.69) is 15.6 Å². The fraction of sp³-hybridized carbons (Fsp3) is 0.188. The van der Waals surface area contributed by atoms with Crippen molar-refractivity contribution >= 4 is 23.2 Å². The number of aromatic nitrogens is 1. The minimum absolute atomic E-state index is 0.132. The molecule has 0 fully saturated rings. The first-order valence-corrected chi connectivity index (χ1v) is 8.03. The van der Waals surface area contributed by atoms with E-state index < -0.39 is 5.91 Å². The number of aryl methyl sites for hydroxylation is 1. The van der Waals surface area contributed by atoms with Gasteiger partial charge in [-0.3, -0.25) is 9.59 Å². The second-order valence-corrected chi connectivity index (χ2v) is 6.14. The maximum Gasteiger partial charge on any atom is 0.271 e. The van der Waals surface area contributed by atoms with Gasteiger partial charge in [-0.15, -0.1) is 11.3 Å². The van der Waals surface area contributed by atoms with Crippen LogP contribution in [0, 0.1) is 6.92 Å². The van der Waals surface area contributed by atoms with E-state index in [-0.39, 0.29) is 19.0 Å². The predicted molar refractivity (Wildman–Crippen MR) is 87.4 cm³/mol. The van der Waals surface area contributed by atoms with Crippen LogP contribution >= 0.6 is 11.3 Å². The van der Waals surface area contributed by atoms with Crippen LogP contribution < -0.4 is 10.6 Å². The SMILES string of the molecule is Cc1sc(-c2ccco2)nc1C(=O)NCC(=O)NCc1ccco1. The summed E-state index contributed by atoms with van der Waals surface area (Å²) in [6.07, 6.45) is 3.08. The highest BCUT2D eigenvalue weighted by molar-refractivity contribution is 7.15. The molecule has 0 atom stereocenters. The summed E-state index contributed by atoms with van der Waals surface area (Å²) in [5.41, 5.74) is 0.297. The number of rotatable bonds is 6. The molecule has 3 aromatic heterocycles. The Morgan fingerprint density at radius 1 is 1.17 bits per heavy atom. The highest BCUT2D eigenvalue weighted by Crippen LogP contribution is 2.27. The molecule has 0 aliphatic carbocycles. The lowest BCUT2D eigenvalue weighted by molar-refractivity contribution is -0.120. The second kappa shape index (κ2) is 7.14. The fourth-order valence-corrected chi connectivity index (χ4v) is 2.90. The van der Waals surface area contributed by atoms with Crippen molar-refractivity contribution in [2.24, 2.45) is 0 Å². The van der Waals surface area contributed by atoms with E-state index in [1.165, 1.54) is 17.6 Å². The summed E-state index contributed by atoms with van der Waals surface area (Å²) in [5.74, 6) is 0.556. The maximum absolute atomic E-state index is 12.2. The molecule has 0 unspecified atom stereocenters. The van der Waals surface area contributed by atoms with Gasteiger partial charge < -0.3 is 19.5 Å². The second-order valence-electron chi connectivity index (χ2n) is 4.94. The van der Waals surface area contributed by atoms with E-state index in [1.807, 2.05) is 0 Å². The third kappa shape index (κ3) is 3.72. The van der Waals surface area contributed by atoms with Gasteiger partial charge in [-0.05, 0) is 31.2 Å². The van der Waals surface area contributed by atoms with Gasteiger partial charge in [0.2, 0.25) is 5.91 Å². The molecule has 0 aromatic carbocycles. The largest absolute Gasteiger partial charge is 0.467 e. The van der Waals surface area contributed by atoms with Crippen LogP contribution in [-0.2, 0) is 11.3 Å². The monoisotopic (exact) mass is 345 g/mol. The first kappa shape index (κ1) is 16.0. The number of nitrogens with one attached hydrogen (secondary N) is 2. The van der Waals surface area contributed by atoms with Gasteiger partial charge in [0, 0.05) is 4.88 Å². The van der Waals surface area contributed by atoms with Gasteiger partial charge in [0.25, 0.3) is 5.91 Å². The Morgan fingerprint density at radius 2 is 1.96 bits per heavy atom. The van der Waals surface area contributed by atoms with E-state index in [0.717, 1.165) is 4.88 Å². The molecule has 0 aliphatic heterocycles. The van der Waals surface area contributed by atoms with Crippen LogP contribution in [-0.4, -0.2) is 23.3 Å². The molecule has 0 radical (unpaired) electrons. The van der Waals surface area contributed by atoms with E-state index in [4.69, 9.17) is 8.83 Å². The van der Waals surface area contributed by atoms with Crippen LogP contribution in [0.5, 0.6) is 0 Å². The van der Waals surface area contributed by atoms with Crippen LogP contribution in [0.4, 0.5) is 0 Å². The van der Waals surface area contributed by atoms with Crippen molar-refractivity contribution in [3.63, 3.8) is 0 Å². The zero-order valence-corrected chi connectivity index (χ0v) is 13.7. The fourth-order valence-electron chi connectivity index (χ4n) is 2.02. The van der Waals surface area contributed by atoms with Crippen molar-refractivity contribution < 1.29 is 18.4 Å². The Hall–Kier alpha value is -2.87. The number of furan rings is 2. The third-order valence-corrected chi connectivity index (χ3v) is 4.18. The topological polar surface area (TPSA) is 97.4 Å². The maximum atomic E-state index is 12.2. The molecule has 2 N–H and O–H groups in total. The third-order valence-electron chi connectivity index (χ3n) is 3.19. The molecular formula is C16H15N3O4S. The van der Waals surface area contributed by atoms with Gasteiger partial charge in [0.05, 0.1) is 25.6 Å². The number of hydrogen-bond donors (Lipinski definition) is 2. The van der Waals surface area contributed by atoms with Crippen molar-refractivity contribution in [3.05, 3.63) is 53.1 Å². The number of thiazole rings is 1. The number of carbonyl (C=O) groups excluding carboxylic acids is 2.